The maximum Gasteiger partial charge on any atom is 0.303 e. The first-order chi connectivity index (χ1) is 6.31. The van der Waals surface area contributed by atoms with Gasteiger partial charge in [0, 0.05) is 6.42 Å². The van der Waals surface area contributed by atoms with Gasteiger partial charge in [0.1, 0.15) is 0 Å². The van der Waals surface area contributed by atoms with Crippen LogP contribution in [0.4, 0.5) is 0 Å². The highest BCUT2D eigenvalue weighted by atomic mass is 16.4. The van der Waals surface area contributed by atoms with Gasteiger partial charge >= 0.3 is 5.97 Å². The fourth-order valence-corrected chi connectivity index (χ4v) is 0.997. The average molecular weight is 202 g/mol. The van der Waals surface area contributed by atoms with Gasteiger partial charge in [-0.25, -0.2) is 0 Å². The normalized spacial score (nSPS) is 13.7. The molecule has 0 aliphatic carbocycles. The number of rotatable bonds is 6. The number of ketones is 1. The molecule has 0 aliphatic heterocycles. The molecule has 82 valence electrons. The molecule has 1 atom stereocenters. The third-order valence-corrected chi connectivity index (χ3v) is 2.25. The Morgan fingerprint density at radius 3 is 2.36 bits per heavy atom. The van der Waals surface area contributed by atoms with E-state index in [4.69, 9.17) is 10.8 Å². The van der Waals surface area contributed by atoms with E-state index in [1.807, 2.05) is 0 Å². The number of likely N-dealkylation sites (N-methyl/N-ethyl adjacent to an activating group) is 1. The smallest absolute Gasteiger partial charge is 0.303 e. The summed E-state index contributed by atoms with van der Waals surface area (Å²) >= 11 is 0. The molecule has 4 N–H and O–H groups in total. The minimum atomic E-state index is -0.935. The molecule has 0 saturated carbocycles. The van der Waals surface area contributed by atoms with Gasteiger partial charge in [-0.3, -0.25) is 9.59 Å². The van der Waals surface area contributed by atoms with E-state index in [2.05, 4.69) is 5.32 Å². The van der Waals surface area contributed by atoms with Gasteiger partial charge in [0.05, 0.1) is 11.6 Å². The Kier molecular flexibility index (Phi) is 4.73. The van der Waals surface area contributed by atoms with Crippen LogP contribution >= 0.6 is 0 Å². The molecular formula is C9H18N2O3. The lowest BCUT2D eigenvalue weighted by Gasteiger charge is -2.25. The average Bonchev–Trinajstić information content (AvgIpc) is 2.12. The number of carbonyl (C=O) groups is 2. The maximum atomic E-state index is 11.6. The second-order valence-corrected chi connectivity index (χ2v) is 3.78. The Bertz CT molecular complexity index is 226. The van der Waals surface area contributed by atoms with Gasteiger partial charge < -0.3 is 16.2 Å². The van der Waals surface area contributed by atoms with Crippen molar-refractivity contribution in [2.45, 2.75) is 38.3 Å². The molecule has 0 radical (unpaired) electrons. The van der Waals surface area contributed by atoms with Crippen molar-refractivity contribution in [3.8, 4) is 0 Å². The lowest BCUT2D eigenvalue weighted by Crippen LogP contribution is -2.52. The summed E-state index contributed by atoms with van der Waals surface area (Å²) in [5.74, 6) is -1.10. The Morgan fingerprint density at radius 1 is 1.50 bits per heavy atom. The number of carboxylic acids is 1. The third kappa shape index (κ3) is 3.85. The summed E-state index contributed by atoms with van der Waals surface area (Å²) in [4.78, 5) is 21.9. The van der Waals surface area contributed by atoms with Crippen molar-refractivity contribution in [1.29, 1.82) is 0 Å². The monoisotopic (exact) mass is 202 g/mol. The standard InChI is InChI=1S/C9H18N2O3/c1-9(2,11-3)8(14)6(10)4-5-7(12)13/h6,11H,4-5,10H2,1-3H3,(H,12,13). The summed E-state index contributed by atoms with van der Waals surface area (Å²) in [6.45, 7) is 3.44. The van der Waals surface area contributed by atoms with Crippen LogP contribution in [0.15, 0.2) is 0 Å². The predicted octanol–water partition coefficient (Wildman–Crippen LogP) is -0.254. The number of carbonyl (C=O) groups excluding carboxylic acids is 1. The first kappa shape index (κ1) is 13.1. The second kappa shape index (κ2) is 5.07. The largest absolute Gasteiger partial charge is 0.481 e. The van der Waals surface area contributed by atoms with Crippen LogP contribution in [0.1, 0.15) is 26.7 Å². The van der Waals surface area contributed by atoms with Gasteiger partial charge in [0.25, 0.3) is 0 Å². The van der Waals surface area contributed by atoms with E-state index in [9.17, 15) is 9.59 Å². The predicted molar refractivity (Wildman–Crippen MR) is 53.0 cm³/mol. The molecule has 0 bridgehead atoms. The molecule has 1 unspecified atom stereocenters. The Balaban J connectivity index is 4.19. The van der Waals surface area contributed by atoms with Crippen LogP contribution in [0, 0.1) is 0 Å². The molecule has 0 rings (SSSR count). The first-order valence-corrected chi connectivity index (χ1v) is 4.52. The molecule has 0 aromatic heterocycles. The minimum Gasteiger partial charge on any atom is -0.481 e. The quantitative estimate of drug-likeness (QED) is 0.552. The lowest BCUT2D eigenvalue weighted by atomic mass is 9.92. The van der Waals surface area contributed by atoms with Crippen LogP contribution in [0.25, 0.3) is 0 Å². The number of hydrogen-bond acceptors (Lipinski definition) is 4. The summed E-state index contributed by atoms with van der Waals surface area (Å²) in [5, 5.41) is 11.3. The molecule has 5 nitrogen and oxygen atoms in total. The number of aliphatic carboxylic acids is 1. The van der Waals surface area contributed by atoms with Gasteiger partial charge in [0.15, 0.2) is 5.78 Å². The van der Waals surface area contributed by atoms with E-state index in [1.54, 1.807) is 20.9 Å². The van der Waals surface area contributed by atoms with Gasteiger partial charge in [-0.2, -0.15) is 0 Å². The van der Waals surface area contributed by atoms with Crippen molar-refractivity contribution in [3.63, 3.8) is 0 Å². The van der Waals surface area contributed by atoms with Crippen LogP contribution in [-0.4, -0.2) is 35.5 Å². The highest BCUT2D eigenvalue weighted by Crippen LogP contribution is 2.08. The number of hydrogen-bond donors (Lipinski definition) is 3. The van der Waals surface area contributed by atoms with Crippen LogP contribution in [-0.2, 0) is 9.59 Å². The molecule has 0 aromatic carbocycles. The molecule has 0 heterocycles. The summed E-state index contributed by atoms with van der Waals surface area (Å²) in [7, 11) is 1.67. The summed E-state index contributed by atoms with van der Waals surface area (Å²) < 4.78 is 0. The fraction of sp³-hybridized carbons (Fsp3) is 0.778. The molecule has 0 aliphatic rings. The van der Waals surface area contributed by atoms with Crippen molar-refractivity contribution in [3.05, 3.63) is 0 Å². The number of nitrogens with two attached hydrogens (primary N) is 1. The Morgan fingerprint density at radius 2 is 2.00 bits per heavy atom. The zero-order valence-electron chi connectivity index (χ0n) is 8.83. The maximum absolute atomic E-state index is 11.6. The number of carboxylic acid groups (broad SMARTS) is 1. The second-order valence-electron chi connectivity index (χ2n) is 3.78. The molecular weight excluding hydrogens is 184 g/mol. The Hall–Kier alpha value is -0.940. The zero-order valence-corrected chi connectivity index (χ0v) is 8.83. The third-order valence-electron chi connectivity index (χ3n) is 2.25. The fourth-order valence-electron chi connectivity index (χ4n) is 0.997. The minimum absolute atomic E-state index is 0.0767. The van der Waals surface area contributed by atoms with Crippen LogP contribution in [0.3, 0.4) is 0 Å². The molecule has 0 fully saturated rings. The first-order valence-electron chi connectivity index (χ1n) is 4.52. The van der Waals surface area contributed by atoms with E-state index < -0.39 is 17.6 Å². The van der Waals surface area contributed by atoms with Gasteiger partial charge in [-0.05, 0) is 27.3 Å². The molecule has 0 amide bonds. The molecule has 14 heavy (non-hydrogen) atoms. The molecule has 0 aromatic rings. The van der Waals surface area contributed by atoms with E-state index in [1.165, 1.54) is 0 Å². The van der Waals surface area contributed by atoms with Crippen molar-refractivity contribution in [2.75, 3.05) is 7.05 Å². The van der Waals surface area contributed by atoms with Crippen LogP contribution in [0.5, 0.6) is 0 Å². The topological polar surface area (TPSA) is 92.4 Å². The summed E-state index contributed by atoms with van der Waals surface area (Å²) in [6, 6.07) is -0.714. The lowest BCUT2D eigenvalue weighted by molar-refractivity contribution is -0.137. The molecule has 0 saturated heterocycles. The van der Waals surface area contributed by atoms with Gasteiger partial charge in [-0.1, -0.05) is 0 Å². The SMILES string of the molecule is CNC(C)(C)C(=O)C(N)CCC(=O)O. The van der Waals surface area contributed by atoms with Crippen molar-refractivity contribution in [2.24, 2.45) is 5.73 Å². The van der Waals surface area contributed by atoms with Gasteiger partial charge in [0.2, 0.25) is 0 Å². The van der Waals surface area contributed by atoms with E-state index in [0.29, 0.717) is 0 Å². The number of Topliss-reactive ketones (excluding diaryl/α,β-unsaturated/α-hetero) is 1. The van der Waals surface area contributed by atoms with Crippen molar-refractivity contribution < 1.29 is 14.7 Å². The van der Waals surface area contributed by atoms with E-state index >= 15 is 0 Å². The number of nitrogens with one attached hydrogen (secondary N) is 1. The van der Waals surface area contributed by atoms with Gasteiger partial charge in [-0.15, -0.1) is 0 Å². The molecule has 5 heteroatoms. The van der Waals surface area contributed by atoms with Crippen molar-refractivity contribution >= 4 is 11.8 Å². The summed E-state index contributed by atoms with van der Waals surface area (Å²) in [6.07, 6.45) is 0.103. The zero-order chi connectivity index (χ0) is 11.4. The highest BCUT2D eigenvalue weighted by molar-refractivity contribution is 5.92. The van der Waals surface area contributed by atoms with Crippen molar-refractivity contribution in [1.82, 2.24) is 5.32 Å². The van der Waals surface area contributed by atoms with E-state index in [-0.39, 0.29) is 18.6 Å². The molecule has 0 spiro atoms. The van der Waals surface area contributed by atoms with Crippen LogP contribution in [0.2, 0.25) is 0 Å². The van der Waals surface area contributed by atoms with E-state index in [0.717, 1.165) is 0 Å². The Labute approximate surface area is 83.7 Å². The highest BCUT2D eigenvalue weighted by Gasteiger charge is 2.29. The van der Waals surface area contributed by atoms with Crippen LogP contribution < -0.4 is 11.1 Å². The summed E-state index contributed by atoms with van der Waals surface area (Å²) in [5.41, 5.74) is 4.88.